The molecule has 0 aromatic rings. The maximum absolute atomic E-state index is 12.7. The fourth-order valence-corrected chi connectivity index (χ4v) is 5.95. The largest absolute Gasteiger partial charge is 0.472 e. The van der Waals surface area contributed by atoms with Crippen LogP contribution in [0.3, 0.4) is 0 Å². The molecular formula is C48H81NO9P+. The molecule has 0 radical (unpaired) electrons. The van der Waals surface area contributed by atoms with Gasteiger partial charge in [0.25, 0.3) is 0 Å². The Hall–Kier alpha value is -3.11. The number of aliphatic hydroxyl groups excluding tert-OH is 1. The minimum Gasteiger partial charge on any atom is -0.462 e. The number of carbonyl (C=O) groups is 2. The standard InChI is InChI=1S/C48H80NO9P/c1-6-8-10-12-14-16-18-20-21-23-25-27-29-31-35-40-48(52)58-46(44-57-59(53,54)56-42-41-49(3,4)5)43-55-47(51)39-36-32-34-38-45(50)37-33-30-28-26-24-22-19-17-15-13-11-9-7-2/h9,11,14-17,20-22,24,28,30,32-34,37,45-46,50H,6-8,10,12-13,18-19,23,25-27,29,31,35-36,38-44H2,1-5H3/p+1/b11-9-,16-14-,17-15-,21-20-,24-22-,30-28-,34-32-,37-33-/t45?,46-/m1/s1. The molecular weight excluding hydrogens is 765 g/mol. The van der Waals surface area contributed by atoms with Crippen molar-refractivity contribution in [3.8, 4) is 0 Å². The molecule has 0 heterocycles. The SMILES string of the molecule is CC/C=C\C/C=C\C/C=C\C/C=C\C=C/C(O)C/C=C\CCC(=O)OC[C@H](COP(=O)(O)OCC[N+](C)(C)C)OC(=O)CCCCCCC/C=C\C/C=C\CCCCC. The molecule has 0 aliphatic rings. The van der Waals surface area contributed by atoms with E-state index >= 15 is 0 Å². The molecule has 59 heavy (non-hydrogen) atoms. The molecule has 0 spiro atoms. The van der Waals surface area contributed by atoms with Crippen molar-refractivity contribution in [1.29, 1.82) is 0 Å². The van der Waals surface area contributed by atoms with Crippen LogP contribution in [0.4, 0.5) is 0 Å². The molecule has 0 aromatic heterocycles. The summed E-state index contributed by atoms with van der Waals surface area (Å²) in [7, 11) is 1.35. The lowest BCUT2D eigenvalue weighted by Gasteiger charge is -2.24. The zero-order chi connectivity index (χ0) is 43.7. The fraction of sp³-hybridized carbons (Fsp3) is 0.625. The second-order valence-electron chi connectivity index (χ2n) is 15.5. The number of hydrogen-bond donors (Lipinski definition) is 2. The maximum Gasteiger partial charge on any atom is 0.472 e. The minimum absolute atomic E-state index is 0.00430. The fourth-order valence-electron chi connectivity index (χ4n) is 5.21. The third kappa shape index (κ3) is 42.8. The van der Waals surface area contributed by atoms with Crippen LogP contribution in [0.2, 0.25) is 0 Å². The first-order valence-corrected chi connectivity index (χ1v) is 23.6. The van der Waals surface area contributed by atoms with Crippen molar-refractivity contribution in [1.82, 2.24) is 0 Å². The van der Waals surface area contributed by atoms with Gasteiger partial charge in [-0.25, -0.2) is 4.57 Å². The number of esters is 2. The first-order valence-electron chi connectivity index (χ1n) is 22.1. The van der Waals surface area contributed by atoms with Crippen molar-refractivity contribution in [3.05, 3.63) is 97.2 Å². The first kappa shape index (κ1) is 55.9. The van der Waals surface area contributed by atoms with Gasteiger partial charge >= 0.3 is 19.8 Å². The summed E-state index contributed by atoms with van der Waals surface area (Å²) in [6, 6.07) is 0. The molecule has 0 bridgehead atoms. The molecule has 0 aliphatic carbocycles. The lowest BCUT2D eigenvalue weighted by atomic mass is 10.1. The van der Waals surface area contributed by atoms with E-state index in [-0.39, 0.29) is 26.1 Å². The highest BCUT2D eigenvalue weighted by atomic mass is 31.2. The number of carbonyl (C=O) groups excluding carboxylic acids is 2. The van der Waals surface area contributed by atoms with Gasteiger partial charge in [0.15, 0.2) is 6.10 Å². The predicted molar refractivity (Wildman–Crippen MR) is 244 cm³/mol. The number of aliphatic hydroxyl groups is 1. The van der Waals surface area contributed by atoms with E-state index < -0.39 is 38.6 Å². The number of likely N-dealkylation sites (N-methyl/N-ethyl adjacent to an activating group) is 1. The Morgan fingerprint density at radius 2 is 1.20 bits per heavy atom. The number of phosphoric acid groups is 1. The Morgan fingerprint density at radius 3 is 1.85 bits per heavy atom. The molecule has 3 atom stereocenters. The summed E-state index contributed by atoms with van der Waals surface area (Å²) in [6.45, 7) is 4.03. The van der Waals surface area contributed by atoms with Gasteiger partial charge in [-0.05, 0) is 77.0 Å². The summed E-state index contributed by atoms with van der Waals surface area (Å²) in [5.41, 5.74) is 0. The smallest absolute Gasteiger partial charge is 0.462 e. The van der Waals surface area contributed by atoms with Gasteiger partial charge in [0.1, 0.15) is 19.8 Å². The van der Waals surface area contributed by atoms with E-state index in [9.17, 15) is 24.2 Å². The van der Waals surface area contributed by atoms with Crippen LogP contribution in [0.25, 0.3) is 0 Å². The Morgan fingerprint density at radius 1 is 0.627 bits per heavy atom. The summed E-state index contributed by atoms with van der Waals surface area (Å²) in [6.07, 6.45) is 47.7. The number of allylic oxidation sites excluding steroid dienone is 14. The quantitative estimate of drug-likeness (QED) is 0.0156. The van der Waals surface area contributed by atoms with Gasteiger partial charge in [0.05, 0.1) is 33.9 Å². The molecule has 0 rings (SSSR count). The molecule has 2 N–H and O–H groups in total. The van der Waals surface area contributed by atoms with Gasteiger partial charge < -0.3 is 24.0 Å². The zero-order valence-corrected chi connectivity index (χ0v) is 38.2. The van der Waals surface area contributed by atoms with E-state index in [1.165, 1.54) is 19.3 Å². The Labute approximate surface area is 358 Å². The van der Waals surface area contributed by atoms with Crippen molar-refractivity contribution < 1.29 is 47.2 Å². The summed E-state index contributed by atoms with van der Waals surface area (Å²) in [4.78, 5) is 35.4. The molecule has 0 amide bonds. The van der Waals surface area contributed by atoms with Crippen LogP contribution in [0, 0.1) is 0 Å². The monoisotopic (exact) mass is 847 g/mol. The number of hydrogen-bond acceptors (Lipinski definition) is 8. The van der Waals surface area contributed by atoms with Crippen LogP contribution >= 0.6 is 7.82 Å². The normalized spacial score (nSPS) is 15.0. The van der Waals surface area contributed by atoms with Gasteiger partial charge in [-0.2, -0.15) is 0 Å². The molecule has 0 saturated carbocycles. The summed E-state index contributed by atoms with van der Waals surface area (Å²) >= 11 is 0. The van der Waals surface area contributed by atoms with E-state index in [2.05, 4.69) is 74.6 Å². The van der Waals surface area contributed by atoms with Gasteiger partial charge in [-0.15, -0.1) is 0 Å². The van der Waals surface area contributed by atoms with Crippen LogP contribution in [-0.4, -0.2) is 86.1 Å². The second kappa shape index (κ2) is 39.1. The lowest BCUT2D eigenvalue weighted by Crippen LogP contribution is -2.37. The van der Waals surface area contributed by atoms with Crippen LogP contribution in [0.1, 0.15) is 136 Å². The lowest BCUT2D eigenvalue weighted by molar-refractivity contribution is -0.870. The number of nitrogens with zero attached hydrogens (tertiary/aromatic N) is 1. The number of rotatable bonds is 38. The van der Waals surface area contributed by atoms with Crippen molar-refractivity contribution in [2.75, 3.05) is 47.5 Å². The highest BCUT2D eigenvalue weighted by Crippen LogP contribution is 2.43. The molecule has 0 aromatic carbocycles. The van der Waals surface area contributed by atoms with E-state index in [1.54, 1.807) is 12.2 Å². The Balaban J connectivity index is 4.62. The van der Waals surface area contributed by atoms with Crippen molar-refractivity contribution in [3.63, 3.8) is 0 Å². The zero-order valence-electron chi connectivity index (χ0n) is 37.3. The van der Waals surface area contributed by atoms with Crippen molar-refractivity contribution in [2.45, 2.75) is 148 Å². The molecule has 2 unspecified atom stereocenters. The van der Waals surface area contributed by atoms with E-state index in [4.69, 9.17) is 18.5 Å². The second-order valence-corrected chi connectivity index (χ2v) is 17.0. The van der Waals surface area contributed by atoms with Crippen molar-refractivity contribution in [2.24, 2.45) is 0 Å². The average molecular weight is 847 g/mol. The molecule has 0 fully saturated rings. The summed E-state index contributed by atoms with van der Waals surface area (Å²) in [5, 5.41) is 10.2. The van der Waals surface area contributed by atoms with Crippen LogP contribution in [-0.2, 0) is 32.7 Å². The summed E-state index contributed by atoms with van der Waals surface area (Å²) < 4.78 is 34.1. The van der Waals surface area contributed by atoms with Gasteiger partial charge in [0.2, 0.25) is 0 Å². The topological polar surface area (TPSA) is 129 Å². The average Bonchev–Trinajstić information content (AvgIpc) is 3.18. The predicted octanol–water partition coefficient (Wildman–Crippen LogP) is 11.5. The number of quaternary nitrogens is 1. The van der Waals surface area contributed by atoms with Crippen LogP contribution in [0.15, 0.2) is 97.2 Å². The van der Waals surface area contributed by atoms with Crippen LogP contribution < -0.4 is 0 Å². The molecule has 0 saturated heterocycles. The first-order chi connectivity index (χ1) is 28.4. The minimum atomic E-state index is -4.43. The van der Waals surface area contributed by atoms with Crippen LogP contribution in [0.5, 0.6) is 0 Å². The number of unbranched alkanes of at least 4 members (excludes halogenated alkanes) is 8. The van der Waals surface area contributed by atoms with Crippen molar-refractivity contribution >= 4 is 19.8 Å². The Bertz CT molecular complexity index is 1340. The third-order valence-corrected chi connectivity index (χ3v) is 9.68. The van der Waals surface area contributed by atoms with Gasteiger partial charge in [-0.1, -0.05) is 143 Å². The van der Waals surface area contributed by atoms with Gasteiger partial charge in [0, 0.05) is 12.8 Å². The number of ether oxygens (including phenoxy) is 2. The van der Waals surface area contributed by atoms with E-state index in [0.717, 1.165) is 70.6 Å². The molecule has 10 nitrogen and oxygen atoms in total. The van der Waals surface area contributed by atoms with E-state index in [0.29, 0.717) is 30.3 Å². The Kier molecular flexibility index (Phi) is 37.0. The highest BCUT2D eigenvalue weighted by Gasteiger charge is 2.27. The third-order valence-electron chi connectivity index (χ3n) is 8.69. The molecule has 0 aliphatic heterocycles. The number of phosphoric ester groups is 1. The van der Waals surface area contributed by atoms with E-state index in [1.807, 2.05) is 45.4 Å². The van der Waals surface area contributed by atoms with Gasteiger partial charge in [-0.3, -0.25) is 18.6 Å². The highest BCUT2D eigenvalue weighted by molar-refractivity contribution is 7.47. The summed E-state index contributed by atoms with van der Waals surface area (Å²) in [5.74, 6) is -1.01. The maximum atomic E-state index is 12.7. The molecule has 336 valence electrons. The molecule has 11 heteroatoms.